The van der Waals surface area contributed by atoms with E-state index >= 15 is 0 Å². The van der Waals surface area contributed by atoms with Gasteiger partial charge in [-0.1, -0.05) is 24.3 Å². The minimum absolute atomic E-state index is 0.140. The quantitative estimate of drug-likeness (QED) is 0.441. The van der Waals surface area contributed by atoms with Crippen LogP contribution in [-0.2, 0) is 25.6 Å². The Balaban J connectivity index is 1.28. The van der Waals surface area contributed by atoms with E-state index in [4.69, 9.17) is 18.9 Å². The molecule has 2 aliphatic heterocycles. The molecule has 2 aliphatic rings. The molecule has 7 nitrogen and oxygen atoms in total. The molecule has 0 bridgehead atoms. The maximum absolute atomic E-state index is 13.3. The van der Waals surface area contributed by atoms with E-state index in [1.807, 2.05) is 32.0 Å². The zero-order chi connectivity index (χ0) is 23.5. The Labute approximate surface area is 191 Å². The number of nitrogens with one attached hydrogen (secondary N) is 2. The van der Waals surface area contributed by atoms with Crippen molar-refractivity contribution in [1.29, 1.82) is 0 Å². The molecule has 0 spiro atoms. The van der Waals surface area contributed by atoms with Gasteiger partial charge in [-0.3, -0.25) is 10.1 Å². The third-order valence-corrected chi connectivity index (χ3v) is 5.64. The summed E-state index contributed by atoms with van der Waals surface area (Å²) in [5.74, 6) is -2.79. The van der Waals surface area contributed by atoms with Gasteiger partial charge >= 0.3 is 0 Å². The topological polar surface area (TPSA) is 78.0 Å². The highest BCUT2D eigenvalue weighted by Gasteiger charge is 2.60. The number of carbonyl (C=O) groups is 1. The van der Waals surface area contributed by atoms with E-state index < -0.39 is 23.0 Å². The maximum Gasteiger partial charge on any atom is 0.251 e. The monoisotopic (exact) mass is 462 g/mol. The number of benzene rings is 2. The first-order valence-electron chi connectivity index (χ1n) is 10.8. The largest absolute Gasteiger partial charge is 0.371 e. The van der Waals surface area contributed by atoms with E-state index in [0.29, 0.717) is 17.7 Å². The van der Waals surface area contributed by atoms with Crippen molar-refractivity contribution in [3.05, 3.63) is 71.3 Å². The van der Waals surface area contributed by atoms with Gasteiger partial charge in [0.05, 0.1) is 32.6 Å². The fourth-order valence-electron chi connectivity index (χ4n) is 4.19. The number of carbonyl (C=O) groups excluding carboxylic acids is 1. The normalized spacial score (nSPS) is 25.7. The van der Waals surface area contributed by atoms with Gasteiger partial charge in [0.2, 0.25) is 0 Å². The average Bonchev–Trinajstić information content (AvgIpc) is 3.25. The van der Waals surface area contributed by atoms with Crippen LogP contribution in [0.25, 0.3) is 0 Å². The van der Waals surface area contributed by atoms with Gasteiger partial charge in [0.15, 0.2) is 17.4 Å². The molecule has 2 fully saturated rings. The van der Waals surface area contributed by atoms with Gasteiger partial charge in [-0.15, -0.1) is 0 Å². The van der Waals surface area contributed by atoms with Crippen molar-refractivity contribution in [3.8, 4) is 0 Å². The summed E-state index contributed by atoms with van der Waals surface area (Å²) in [6.45, 7) is 4.95. The lowest BCUT2D eigenvalue weighted by molar-refractivity contribution is -0.188. The number of rotatable bonds is 9. The van der Waals surface area contributed by atoms with Crippen LogP contribution < -0.4 is 10.6 Å². The van der Waals surface area contributed by atoms with Crippen LogP contribution in [0.15, 0.2) is 48.5 Å². The van der Waals surface area contributed by atoms with E-state index in [9.17, 15) is 13.6 Å². The van der Waals surface area contributed by atoms with Crippen LogP contribution in [0.2, 0.25) is 0 Å². The zero-order valence-corrected chi connectivity index (χ0v) is 18.6. The van der Waals surface area contributed by atoms with Crippen LogP contribution in [-0.4, -0.2) is 55.9 Å². The van der Waals surface area contributed by atoms with Crippen LogP contribution in [0, 0.1) is 11.6 Å². The number of ether oxygens (including phenoxy) is 4. The summed E-state index contributed by atoms with van der Waals surface area (Å²) >= 11 is 0. The molecule has 2 heterocycles. The number of amides is 1. The number of hydrogen-bond donors (Lipinski definition) is 2. The Kier molecular flexibility index (Phi) is 7.06. The first-order valence-corrected chi connectivity index (χ1v) is 10.8. The molecule has 9 heteroatoms. The molecule has 2 saturated heterocycles. The van der Waals surface area contributed by atoms with Crippen molar-refractivity contribution in [2.45, 2.75) is 44.1 Å². The summed E-state index contributed by atoms with van der Waals surface area (Å²) in [4.78, 5) is 12.5. The molecule has 2 aromatic rings. The zero-order valence-electron chi connectivity index (χ0n) is 18.6. The second kappa shape index (κ2) is 9.82. The Bertz CT molecular complexity index is 975. The van der Waals surface area contributed by atoms with Crippen molar-refractivity contribution in [2.75, 3.05) is 26.4 Å². The average molecular weight is 462 g/mol. The number of hydrogen-bond acceptors (Lipinski definition) is 6. The highest BCUT2D eigenvalue weighted by Crippen LogP contribution is 2.43. The smallest absolute Gasteiger partial charge is 0.251 e. The molecular weight excluding hydrogens is 434 g/mol. The Morgan fingerprint density at radius 3 is 2.70 bits per heavy atom. The molecule has 0 saturated carbocycles. The molecule has 0 aromatic heterocycles. The summed E-state index contributed by atoms with van der Waals surface area (Å²) < 4.78 is 50.0. The fourth-order valence-corrected chi connectivity index (χ4v) is 4.19. The van der Waals surface area contributed by atoms with Crippen LogP contribution in [0.5, 0.6) is 0 Å². The first-order chi connectivity index (χ1) is 15.8. The molecule has 0 aliphatic carbocycles. The molecular formula is C24H28F2N2O5. The lowest BCUT2D eigenvalue weighted by Crippen LogP contribution is -2.52. The summed E-state index contributed by atoms with van der Waals surface area (Å²) in [6, 6.07) is 12.6. The number of fused-ring (bicyclic) bond motifs is 1. The van der Waals surface area contributed by atoms with Crippen LogP contribution in [0.4, 0.5) is 8.78 Å². The van der Waals surface area contributed by atoms with Crippen LogP contribution in [0.1, 0.15) is 29.8 Å². The second-order valence-corrected chi connectivity index (χ2v) is 8.70. The Morgan fingerprint density at radius 1 is 1.15 bits per heavy atom. The highest BCUT2D eigenvalue weighted by atomic mass is 19.2. The minimum atomic E-state index is -0.903. The number of halogens is 2. The highest BCUT2D eigenvalue weighted by molar-refractivity contribution is 5.94. The molecule has 0 radical (unpaired) electrons. The van der Waals surface area contributed by atoms with Gasteiger partial charge in [0.1, 0.15) is 11.7 Å². The molecule has 2 aromatic carbocycles. The predicted octanol–water partition coefficient (Wildman–Crippen LogP) is 2.75. The lowest BCUT2D eigenvalue weighted by atomic mass is 9.96. The third-order valence-electron chi connectivity index (χ3n) is 5.64. The Morgan fingerprint density at radius 2 is 1.94 bits per heavy atom. The molecule has 1 amide bonds. The van der Waals surface area contributed by atoms with Crippen LogP contribution in [0.3, 0.4) is 0 Å². The van der Waals surface area contributed by atoms with Crippen molar-refractivity contribution in [2.24, 2.45) is 0 Å². The Hall–Kier alpha value is -2.43. The van der Waals surface area contributed by atoms with Crippen LogP contribution >= 0.6 is 0 Å². The summed E-state index contributed by atoms with van der Waals surface area (Å²) in [6.07, 6.45) is -0.700. The maximum atomic E-state index is 13.3. The lowest BCUT2D eigenvalue weighted by Gasteiger charge is -2.27. The minimum Gasteiger partial charge on any atom is -0.371 e. The molecule has 0 unspecified atom stereocenters. The fraction of sp³-hybridized carbons (Fsp3) is 0.458. The van der Waals surface area contributed by atoms with Crippen molar-refractivity contribution in [3.63, 3.8) is 0 Å². The molecule has 3 atom stereocenters. The summed E-state index contributed by atoms with van der Waals surface area (Å²) in [7, 11) is 0. The van der Waals surface area contributed by atoms with Gasteiger partial charge in [-0.2, -0.15) is 0 Å². The van der Waals surface area contributed by atoms with E-state index in [0.717, 1.165) is 12.1 Å². The summed E-state index contributed by atoms with van der Waals surface area (Å²) in [5.41, 5.74) is 0.307. The standard InChI is InChI=1S/C24H28F2N2O5/c1-23(2)32-21-20(11-27-15-30-12-16-8-9-18(25)19(26)10-16)31-14-24(21,33-23)13-28-22(29)17-6-4-3-5-7-17/h3-10,20-21,27H,11-15H2,1-2H3,(H,28,29)/t20-,21-,24+/m1/s1. The molecule has 33 heavy (non-hydrogen) atoms. The van der Waals surface area contributed by atoms with E-state index in [1.54, 1.807) is 12.1 Å². The third kappa shape index (κ3) is 5.56. The molecule has 2 N–H and O–H groups in total. The first kappa shape index (κ1) is 23.7. The summed E-state index contributed by atoms with van der Waals surface area (Å²) in [5, 5.41) is 6.07. The van der Waals surface area contributed by atoms with Gasteiger partial charge in [-0.05, 0) is 43.7 Å². The van der Waals surface area contributed by atoms with Gasteiger partial charge in [0.25, 0.3) is 5.91 Å². The van der Waals surface area contributed by atoms with E-state index in [-0.39, 0.29) is 44.6 Å². The predicted molar refractivity (Wildman–Crippen MR) is 115 cm³/mol. The molecule has 178 valence electrons. The van der Waals surface area contributed by atoms with Crippen molar-refractivity contribution >= 4 is 5.91 Å². The van der Waals surface area contributed by atoms with Gasteiger partial charge < -0.3 is 24.3 Å². The SMILES string of the molecule is CC1(C)O[C@@H]2[C@@H](CNCOCc3ccc(F)c(F)c3)OC[C@]2(CNC(=O)c2ccccc2)O1. The van der Waals surface area contributed by atoms with E-state index in [2.05, 4.69) is 10.6 Å². The molecule has 4 rings (SSSR count). The second-order valence-electron chi connectivity index (χ2n) is 8.70. The van der Waals surface area contributed by atoms with Crippen molar-refractivity contribution in [1.82, 2.24) is 10.6 Å². The van der Waals surface area contributed by atoms with Gasteiger partial charge in [-0.25, -0.2) is 8.78 Å². The van der Waals surface area contributed by atoms with E-state index in [1.165, 1.54) is 6.07 Å². The van der Waals surface area contributed by atoms with Crippen molar-refractivity contribution < 1.29 is 32.5 Å². The van der Waals surface area contributed by atoms with Gasteiger partial charge in [0, 0.05) is 12.1 Å².